The highest BCUT2D eigenvalue weighted by Gasteiger charge is 2.17. The topological polar surface area (TPSA) is 72.8 Å². The molecule has 0 amide bonds. The van der Waals surface area contributed by atoms with E-state index in [2.05, 4.69) is 0 Å². The second-order valence-electron chi connectivity index (χ2n) is 4.40. The van der Waals surface area contributed by atoms with Gasteiger partial charge in [0.1, 0.15) is 11.5 Å². The van der Waals surface area contributed by atoms with Crippen molar-refractivity contribution in [2.75, 3.05) is 14.2 Å². The van der Waals surface area contributed by atoms with Crippen molar-refractivity contribution in [3.8, 4) is 11.5 Å². The Labute approximate surface area is 112 Å². The van der Waals surface area contributed by atoms with Crippen LogP contribution in [0.25, 0.3) is 0 Å². The number of hydrogen-bond donors (Lipinski definition) is 1. The fourth-order valence-electron chi connectivity index (χ4n) is 1.83. The lowest BCUT2D eigenvalue weighted by Gasteiger charge is -2.11. The quantitative estimate of drug-likeness (QED) is 0.767. The highest BCUT2D eigenvalue weighted by Crippen LogP contribution is 2.26. The fraction of sp³-hybridized carbons (Fsp3) is 0.429. The molecule has 0 aromatic heterocycles. The second-order valence-corrected chi connectivity index (χ2v) is 4.40. The Morgan fingerprint density at radius 2 is 1.89 bits per heavy atom. The summed E-state index contributed by atoms with van der Waals surface area (Å²) in [7, 11) is 3.01. The molecule has 0 aliphatic heterocycles. The number of carboxylic acids is 1. The third kappa shape index (κ3) is 4.28. The van der Waals surface area contributed by atoms with E-state index in [9.17, 15) is 9.59 Å². The average Bonchev–Trinajstić information content (AvgIpc) is 2.36. The number of carboxylic acid groups (broad SMARTS) is 1. The van der Waals surface area contributed by atoms with Crippen LogP contribution in [0.5, 0.6) is 11.5 Å². The number of ketones is 1. The third-order valence-electron chi connectivity index (χ3n) is 2.77. The number of benzene rings is 1. The lowest BCUT2D eigenvalue weighted by Crippen LogP contribution is -2.11. The Kier molecular flexibility index (Phi) is 5.36. The Balaban J connectivity index is 2.84. The van der Waals surface area contributed by atoms with Gasteiger partial charge in [-0.1, -0.05) is 6.92 Å². The number of carbonyl (C=O) groups is 2. The molecule has 0 aliphatic rings. The van der Waals surface area contributed by atoms with Crippen LogP contribution in [0.15, 0.2) is 18.2 Å². The first-order chi connectivity index (χ1) is 8.97. The summed E-state index contributed by atoms with van der Waals surface area (Å²) in [6.45, 7) is 1.74. The first kappa shape index (κ1) is 15.0. The third-order valence-corrected chi connectivity index (χ3v) is 2.77. The highest BCUT2D eigenvalue weighted by molar-refractivity contribution is 5.99. The Bertz CT molecular complexity index is 467. The van der Waals surface area contributed by atoms with Crippen LogP contribution in [0.2, 0.25) is 0 Å². The molecule has 1 N–H and O–H groups in total. The second kappa shape index (κ2) is 6.78. The van der Waals surface area contributed by atoms with Gasteiger partial charge in [0.25, 0.3) is 0 Å². The van der Waals surface area contributed by atoms with Crippen LogP contribution in [0.1, 0.15) is 30.1 Å². The smallest absolute Gasteiger partial charge is 0.303 e. The van der Waals surface area contributed by atoms with Crippen molar-refractivity contribution in [1.29, 1.82) is 0 Å². The van der Waals surface area contributed by atoms with Gasteiger partial charge >= 0.3 is 5.97 Å². The summed E-state index contributed by atoms with van der Waals surface area (Å²) in [6, 6.07) is 4.94. The minimum atomic E-state index is -0.901. The summed E-state index contributed by atoms with van der Waals surface area (Å²) < 4.78 is 10.2. The molecular weight excluding hydrogens is 248 g/mol. The molecule has 0 bridgehead atoms. The van der Waals surface area contributed by atoms with Crippen LogP contribution < -0.4 is 9.47 Å². The fourth-order valence-corrected chi connectivity index (χ4v) is 1.83. The first-order valence-corrected chi connectivity index (χ1v) is 5.95. The molecule has 0 radical (unpaired) electrons. The standard InChI is InChI=1S/C14H18O5/c1-9(7-14(16)17)6-12(15)11-5-4-10(18-2)8-13(11)19-3/h4-5,8-9H,6-7H2,1-3H3,(H,16,17)/t9-/m1/s1. The molecule has 1 rings (SSSR count). The molecule has 0 fully saturated rings. The number of methoxy groups -OCH3 is 2. The lowest BCUT2D eigenvalue weighted by molar-refractivity contribution is -0.137. The molecule has 0 spiro atoms. The summed E-state index contributed by atoms with van der Waals surface area (Å²) >= 11 is 0. The maximum atomic E-state index is 12.1. The van der Waals surface area contributed by atoms with Crippen LogP contribution >= 0.6 is 0 Å². The molecule has 1 atom stereocenters. The van der Waals surface area contributed by atoms with E-state index >= 15 is 0 Å². The number of hydrogen-bond acceptors (Lipinski definition) is 4. The Morgan fingerprint density at radius 3 is 2.42 bits per heavy atom. The molecule has 1 aromatic carbocycles. The predicted octanol–water partition coefficient (Wildman–Crippen LogP) is 2.39. The van der Waals surface area contributed by atoms with Crippen LogP contribution in [0, 0.1) is 5.92 Å². The van der Waals surface area contributed by atoms with E-state index < -0.39 is 5.97 Å². The van der Waals surface area contributed by atoms with Gasteiger partial charge in [-0.2, -0.15) is 0 Å². The SMILES string of the molecule is COc1ccc(C(=O)C[C@@H](C)CC(=O)O)c(OC)c1. The molecular formula is C14H18O5. The van der Waals surface area contributed by atoms with Crippen LogP contribution in [0.3, 0.4) is 0 Å². The summed E-state index contributed by atoms with van der Waals surface area (Å²) in [5.41, 5.74) is 0.445. The van der Waals surface area contributed by atoms with Gasteiger partial charge in [-0.3, -0.25) is 9.59 Å². The maximum Gasteiger partial charge on any atom is 0.303 e. The number of aliphatic carboxylic acids is 1. The molecule has 0 saturated carbocycles. The molecule has 0 saturated heterocycles. The van der Waals surface area contributed by atoms with Crippen molar-refractivity contribution in [2.24, 2.45) is 5.92 Å². The van der Waals surface area contributed by atoms with Gasteiger partial charge in [-0.05, 0) is 18.1 Å². The zero-order chi connectivity index (χ0) is 14.4. The van der Waals surface area contributed by atoms with Gasteiger partial charge in [0.2, 0.25) is 0 Å². The lowest BCUT2D eigenvalue weighted by atomic mass is 9.96. The largest absolute Gasteiger partial charge is 0.497 e. The minimum absolute atomic E-state index is 0.0236. The van der Waals surface area contributed by atoms with Crippen molar-refractivity contribution in [2.45, 2.75) is 19.8 Å². The molecule has 0 unspecified atom stereocenters. The molecule has 0 heterocycles. The van der Waals surface area contributed by atoms with Crippen molar-refractivity contribution < 1.29 is 24.2 Å². The Hall–Kier alpha value is -2.04. The van der Waals surface area contributed by atoms with Gasteiger partial charge < -0.3 is 14.6 Å². The van der Waals surface area contributed by atoms with Crippen LogP contribution in [-0.2, 0) is 4.79 Å². The van der Waals surface area contributed by atoms with E-state index in [0.29, 0.717) is 17.1 Å². The van der Waals surface area contributed by atoms with E-state index in [1.807, 2.05) is 0 Å². The van der Waals surface area contributed by atoms with Crippen LogP contribution in [-0.4, -0.2) is 31.1 Å². The minimum Gasteiger partial charge on any atom is -0.497 e. The monoisotopic (exact) mass is 266 g/mol. The van der Waals surface area contributed by atoms with Crippen LogP contribution in [0.4, 0.5) is 0 Å². The van der Waals surface area contributed by atoms with E-state index in [-0.39, 0.29) is 24.5 Å². The van der Waals surface area contributed by atoms with E-state index in [4.69, 9.17) is 14.6 Å². The molecule has 1 aromatic rings. The van der Waals surface area contributed by atoms with Gasteiger partial charge in [-0.15, -0.1) is 0 Å². The summed E-state index contributed by atoms with van der Waals surface area (Å²) in [4.78, 5) is 22.7. The van der Waals surface area contributed by atoms with Gasteiger partial charge in [0, 0.05) is 18.9 Å². The van der Waals surface area contributed by atoms with E-state index in [1.165, 1.54) is 14.2 Å². The van der Waals surface area contributed by atoms with Crippen molar-refractivity contribution in [3.63, 3.8) is 0 Å². The normalized spacial score (nSPS) is 11.7. The van der Waals surface area contributed by atoms with E-state index in [0.717, 1.165) is 0 Å². The zero-order valence-electron chi connectivity index (χ0n) is 11.3. The number of rotatable bonds is 7. The van der Waals surface area contributed by atoms with Gasteiger partial charge in [0.15, 0.2) is 5.78 Å². The Morgan fingerprint density at radius 1 is 1.21 bits per heavy atom. The van der Waals surface area contributed by atoms with E-state index in [1.54, 1.807) is 25.1 Å². The van der Waals surface area contributed by atoms with Gasteiger partial charge in [0.05, 0.1) is 19.8 Å². The first-order valence-electron chi connectivity index (χ1n) is 5.95. The van der Waals surface area contributed by atoms with Gasteiger partial charge in [-0.25, -0.2) is 0 Å². The van der Waals surface area contributed by atoms with Crippen molar-refractivity contribution in [1.82, 2.24) is 0 Å². The molecule has 104 valence electrons. The molecule has 5 heteroatoms. The predicted molar refractivity (Wildman–Crippen MR) is 69.9 cm³/mol. The summed E-state index contributed by atoms with van der Waals surface area (Å²) in [5, 5.41) is 8.68. The van der Waals surface area contributed by atoms with Crippen molar-refractivity contribution in [3.05, 3.63) is 23.8 Å². The molecule has 0 aliphatic carbocycles. The number of ether oxygens (including phenoxy) is 2. The number of Topliss-reactive ketones (excluding diaryl/α,β-unsaturated/α-hetero) is 1. The molecule has 19 heavy (non-hydrogen) atoms. The summed E-state index contributed by atoms with van der Waals surface area (Å²) in [5.74, 6) is -0.203. The number of carbonyl (C=O) groups excluding carboxylic acids is 1. The van der Waals surface area contributed by atoms with Crippen molar-refractivity contribution >= 4 is 11.8 Å². The molecule has 5 nitrogen and oxygen atoms in total. The maximum absolute atomic E-state index is 12.1. The zero-order valence-corrected chi connectivity index (χ0v) is 11.3. The highest BCUT2D eigenvalue weighted by atomic mass is 16.5. The average molecular weight is 266 g/mol. The summed E-state index contributed by atoms with van der Waals surface area (Å²) in [6.07, 6.45) is 0.152.